The molecule has 1 unspecified atom stereocenters. The standard InChI is InChI=1S/C30H26FN5O6S/c1-40-22-15-20(16-23(17-22)41-2)32-28-29(35-26-10-5-4-9-25(26)34-28)36(43(38)39)21-8-6-7-19(14-21)33-30(37)18-11-12-27(42-3)24(31)13-18/h4-17H,1-3H3,(H,32,34)(H,33,37)(H,38,39). The van der Waals surface area contributed by atoms with Gasteiger partial charge in [0.2, 0.25) is 0 Å². The zero-order chi connectivity index (χ0) is 30.5. The molecule has 5 rings (SSSR count). The Bertz CT molecular complexity index is 1820. The second kappa shape index (κ2) is 12.7. The molecule has 1 amide bonds. The summed E-state index contributed by atoms with van der Waals surface area (Å²) < 4.78 is 54.2. The van der Waals surface area contributed by atoms with Gasteiger partial charge in [0.1, 0.15) is 11.5 Å². The van der Waals surface area contributed by atoms with Gasteiger partial charge in [0.25, 0.3) is 17.2 Å². The first-order valence-corrected chi connectivity index (χ1v) is 13.8. The zero-order valence-electron chi connectivity index (χ0n) is 23.2. The van der Waals surface area contributed by atoms with Crippen LogP contribution in [0.1, 0.15) is 10.4 Å². The van der Waals surface area contributed by atoms with Crippen LogP contribution >= 0.6 is 0 Å². The summed E-state index contributed by atoms with van der Waals surface area (Å²) in [4.78, 5) is 22.2. The van der Waals surface area contributed by atoms with Gasteiger partial charge in [0.05, 0.1) is 38.1 Å². The largest absolute Gasteiger partial charge is 0.497 e. The van der Waals surface area contributed by atoms with Gasteiger partial charge in [0.15, 0.2) is 23.2 Å². The third kappa shape index (κ3) is 6.47. The first kappa shape index (κ1) is 29.2. The Morgan fingerprint density at radius 2 is 1.53 bits per heavy atom. The van der Waals surface area contributed by atoms with Gasteiger partial charge in [0, 0.05) is 35.1 Å². The Kier molecular flexibility index (Phi) is 8.64. The summed E-state index contributed by atoms with van der Waals surface area (Å²) in [7, 11) is 4.37. The molecule has 0 saturated heterocycles. The molecule has 0 aliphatic rings. The fourth-order valence-electron chi connectivity index (χ4n) is 4.24. The average Bonchev–Trinajstić information content (AvgIpc) is 3.01. The summed E-state index contributed by atoms with van der Waals surface area (Å²) in [5.74, 6) is -0.0427. The van der Waals surface area contributed by atoms with E-state index in [2.05, 4.69) is 20.6 Å². The minimum atomic E-state index is -2.63. The van der Waals surface area contributed by atoms with Crippen LogP contribution in [-0.4, -0.2) is 46.0 Å². The number of hydrogen-bond acceptors (Lipinski definition) is 8. The van der Waals surface area contributed by atoms with E-state index in [4.69, 9.17) is 14.2 Å². The first-order chi connectivity index (χ1) is 20.8. The number of hydrogen-bond donors (Lipinski definition) is 3. The third-order valence-electron chi connectivity index (χ3n) is 6.27. The summed E-state index contributed by atoms with van der Waals surface area (Å²) in [5.41, 5.74) is 2.11. The van der Waals surface area contributed by atoms with Gasteiger partial charge in [-0.25, -0.2) is 22.9 Å². The molecule has 0 spiro atoms. The highest BCUT2D eigenvalue weighted by Gasteiger charge is 2.24. The van der Waals surface area contributed by atoms with Gasteiger partial charge < -0.3 is 24.8 Å². The quantitative estimate of drug-likeness (QED) is 0.163. The zero-order valence-corrected chi connectivity index (χ0v) is 24.0. The highest BCUT2D eigenvalue weighted by Crippen LogP contribution is 2.36. The molecule has 13 heteroatoms. The molecular weight excluding hydrogens is 577 g/mol. The predicted octanol–water partition coefficient (Wildman–Crippen LogP) is 6.07. The molecule has 0 saturated carbocycles. The fraction of sp³-hybridized carbons (Fsp3) is 0.100. The molecule has 1 atom stereocenters. The van der Waals surface area contributed by atoms with Crippen LogP contribution in [0.25, 0.3) is 11.0 Å². The first-order valence-electron chi connectivity index (χ1n) is 12.7. The SMILES string of the molecule is COc1cc(Nc2nc3ccccc3nc2N(c2cccc(NC(=O)c3ccc(OC)c(F)c3)c2)S(=O)O)cc(OC)c1. The van der Waals surface area contributed by atoms with E-state index >= 15 is 0 Å². The summed E-state index contributed by atoms with van der Waals surface area (Å²) >= 11 is -2.63. The molecule has 0 fully saturated rings. The topological polar surface area (TPSA) is 135 Å². The molecular formula is C30H26FN5O6S. The summed E-state index contributed by atoms with van der Waals surface area (Å²) in [6.07, 6.45) is 0. The monoisotopic (exact) mass is 603 g/mol. The van der Waals surface area contributed by atoms with Crippen molar-refractivity contribution in [2.24, 2.45) is 0 Å². The Balaban J connectivity index is 1.54. The van der Waals surface area contributed by atoms with Gasteiger partial charge in [-0.1, -0.05) is 18.2 Å². The average molecular weight is 604 g/mol. The van der Waals surface area contributed by atoms with Gasteiger partial charge in [-0.3, -0.25) is 9.35 Å². The number of ether oxygens (including phenoxy) is 3. The maximum absolute atomic E-state index is 14.2. The number of fused-ring (bicyclic) bond motifs is 1. The van der Waals surface area contributed by atoms with E-state index in [-0.39, 0.29) is 34.3 Å². The van der Waals surface area contributed by atoms with Crippen molar-refractivity contribution in [1.82, 2.24) is 9.97 Å². The van der Waals surface area contributed by atoms with Crippen molar-refractivity contribution in [3.05, 3.63) is 96.3 Å². The minimum Gasteiger partial charge on any atom is -0.497 e. The number of nitrogens with zero attached hydrogens (tertiary/aromatic N) is 3. The molecule has 0 bridgehead atoms. The van der Waals surface area contributed by atoms with Crippen molar-refractivity contribution >= 4 is 56.9 Å². The number of carbonyl (C=O) groups is 1. The van der Waals surface area contributed by atoms with Crippen LogP contribution in [-0.2, 0) is 11.3 Å². The van der Waals surface area contributed by atoms with E-state index in [1.54, 1.807) is 60.7 Å². The van der Waals surface area contributed by atoms with Gasteiger partial charge in [-0.2, -0.15) is 0 Å². The van der Waals surface area contributed by atoms with Gasteiger partial charge in [-0.15, -0.1) is 0 Å². The molecule has 43 heavy (non-hydrogen) atoms. The number of halogens is 1. The summed E-state index contributed by atoms with van der Waals surface area (Å²) in [6, 6.07) is 22.3. The van der Waals surface area contributed by atoms with Crippen LogP contribution in [0, 0.1) is 5.82 Å². The van der Waals surface area contributed by atoms with Crippen LogP contribution < -0.4 is 29.1 Å². The van der Waals surface area contributed by atoms with E-state index in [9.17, 15) is 17.9 Å². The molecule has 0 aliphatic heterocycles. The number of rotatable bonds is 10. The number of carbonyl (C=O) groups excluding carboxylic acids is 1. The third-order valence-corrected chi connectivity index (χ3v) is 6.96. The summed E-state index contributed by atoms with van der Waals surface area (Å²) in [5, 5.41) is 5.85. The van der Waals surface area contributed by atoms with Gasteiger partial charge >= 0.3 is 0 Å². The minimum absolute atomic E-state index is 0.00733. The lowest BCUT2D eigenvalue weighted by Crippen LogP contribution is -2.22. The van der Waals surface area contributed by atoms with Crippen molar-refractivity contribution < 1.29 is 32.2 Å². The molecule has 0 radical (unpaired) electrons. The molecule has 1 aromatic heterocycles. The lowest BCUT2D eigenvalue weighted by molar-refractivity contribution is 0.102. The van der Waals surface area contributed by atoms with Crippen LogP contribution in [0.15, 0.2) is 84.9 Å². The number of methoxy groups -OCH3 is 3. The fourth-order valence-corrected chi connectivity index (χ4v) is 4.81. The molecule has 1 heterocycles. The second-order valence-electron chi connectivity index (χ2n) is 8.99. The normalized spacial score (nSPS) is 11.5. The van der Waals surface area contributed by atoms with Crippen LogP contribution in [0.5, 0.6) is 17.2 Å². The van der Waals surface area contributed by atoms with Crippen molar-refractivity contribution in [2.45, 2.75) is 0 Å². The van der Waals surface area contributed by atoms with Crippen LogP contribution in [0.3, 0.4) is 0 Å². The highest BCUT2D eigenvalue weighted by atomic mass is 32.2. The van der Waals surface area contributed by atoms with Crippen LogP contribution in [0.4, 0.5) is 33.1 Å². The maximum atomic E-state index is 14.2. The van der Waals surface area contributed by atoms with E-state index in [1.807, 2.05) is 0 Å². The van der Waals surface area contributed by atoms with E-state index in [1.165, 1.54) is 39.5 Å². The molecule has 220 valence electrons. The molecule has 3 N–H and O–H groups in total. The Morgan fingerprint density at radius 3 is 2.16 bits per heavy atom. The number of anilines is 5. The van der Waals surface area contributed by atoms with E-state index in [0.29, 0.717) is 28.2 Å². The molecule has 11 nitrogen and oxygen atoms in total. The second-order valence-corrected chi connectivity index (χ2v) is 9.82. The van der Waals surface area contributed by atoms with E-state index < -0.39 is 23.0 Å². The van der Waals surface area contributed by atoms with Crippen molar-refractivity contribution in [3.63, 3.8) is 0 Å². The Hall–Kier alpha value is -5.27. The lowest BCUT2D eigenvalue weighted by atomic mass is 10.2. The summed E-state index contributed by atoms with van der Waals surface area (Å²) in [6.45, 7) is 0. The number of benzene rings is 4. The Labute approximate surface area is 248 Å². The molecule has 4 aromatic carbocycles. The number of para-hydroxylation sites is 2. The lowest BCUT2D eigenvalue weighted by Gasteiger charge is -2.23. The number of nitrogens with one attached hydrogen (secondary N) is 2. The molecule has 0 aliphatic carbocycles. The van der Waals surface area contributed by atoms with E-state index in [0.717, 1.165) is 10.4 Å². The molecule has 5 aromatic rings. The van der Waals surface area contributed by atoms with Crippen molar-refractivity contribution in [3.8, 4) is 17.2 Å². The smallest absolute Gasteiger partial charge is 0.268 e. The number of amides is 1. The van der Waals surface area contributed by atoms with Crippen molar-refractivity contribution in [2.75, 3.05) is 36.3 Å². The van der Waals surface area contributed by atoms with Crippen molar-refractivity contribution in [1.29, 1.82) is 0 Å². The maximum Gasteiger partial charge on any atom is 0.268 e. The Morgan fingerprint density at radius 1 is 0.837 bits per heavy atom. The predicted molar refractivity (Wildman–Crippen MR) is 163 cm³/mol. The highest BCUT2D eigenvalue weighted by molar-refractivity contribution is 7.81. The van der Waals surface area contributed by atoms with Crippen LogP contribution in [0.2, 0.25) is 0 Å². The number of aromatic nitrogens is 2. The van der Waals surface area contributed by atoms with Gasteiger partial charge in [-0.05, 0) is 48.5 Å².